The molecule has 0 radical (unpaired) electrons. The molecule has 4 nitrogen and oxygen atoms in total. The van der Waals surface area contributed by atoms with Crippen molar-refractivity contribution in [3.8, 4) is 11.5 Å². The Morgan fingerprint density at radius 2 is 1.80 bits per heavy atom. The second kappa shape index (κ2) is 6.46. The average Bonchev–Trinajstić information content (AvgIpc) is 2.70. The quantitative estimate of drug-likeness (QED) is 0.909. The molecule has 1 saturated heterocycles. The standard InChI is InChI=1S/C16H24N2O2/c1-13-11-15-16(20-10-2-9-19-15)12-14(13)3-6-18-7-4-17-5-8-18/h11-12,17H,2-10H2,1H3. The van der Waals surface area contributed by atoms with Crippen LogP contribution in [0.15, 0.2) is 12.1 Å². The van der Waals surface area contributed by atoms with Crippen molar-refractivity contribution in [3.05, 3.63) is 23.3 Å². The largest absolute Gasteiger partial charge is 0.490 e. The summed E-state index contributed by atoms with van der Waals surface area (Å²) < 4.78 is 11.5. The third kappa shape index (κ3) is 3.25. The monoisotopic (exact) mass is 276 g/mol. The van der Waals surface area contributed by atoms with E-state index >= 15 is 0 Å². The number of rotatable bonds is 3. The van der Waals surface area contributed by atoms with Crippen LogP contribution in [0.4, 0.5) is 0 Å². The number of hydrogen-bond donors (Lipinski definition) is 1. The van der Waals surface area contributed by atoms with E-state index in [1.807, 2.05) is 0 Å². The molecular weight excluding hydrogens is 252 g/mol. The van der Waals surface area contributed by atoms with Gasteiger partial charge in [-0.25, -0.2) is 0 Å². The van der Waals surface area contributed by atoms with Gasteiger partial charge >= 0.3 is 0 Å². The average molecular weight is 276 g/mol. The van der Waals surface area contributed by atoms with Gasteiger partial charge in [0.15, 0.2) is 11.5 Å². The Kier molecular flexibility index (Phi) is 4.43. The van der Waals surface area contributed by atoms with E-state index in [0.717, 1.165) is 70.3 Å². The summed E-state index contributed by atoms with van der Waals surface area (Å²) in [7, 11) is 0. The highest BCUT2D eigenvalue weighted by Gasteiger charge is 2.14. The minimum Gasteiger partial charge on any atom is -0.490 e. The van der Waals surface area contributed by atoms with Crippen LogP contribution < -0.4 is 14.8 Å². The van der Waals surface area contributed by atoms with E-state index in [0.29, 0.717) is 0 Å². The molecule has 0 atom stereocenters. The Labute approximate surface area is 121 Å². The first-order valence-corrected chi connectivity index (χ1v) is 7.65. The summed E-state index contributed by atoms with van der Waals surface area (Å²) in [6.07, 6.45) is 2.05. The highest BCUT2D eigenvalue weighted by Crippen LogP contribution is 2.32. The van der Waals surface area contributed by atoms with E-state index in [9.17, 15) is 0 Å². The van der Waals surface area contributed by atoms with E-state index in [1.165, 1.54) is 11.1 Å². The number of fused-ring (bicyclic) bond motifs is 1. The lowest BCUT2D eigenvalue weighted by atomic mass is 10.0. The first kappa shape index (κ1) is 13.7. The number of benzene rings is 1. The summed E-state index contributed by atoms with van der Waals surface area (Å²) in [4.78, 5) is 2.53. The van der Waals surface area contributed by atoms with Gasteiger partial charge in [-0.15, -0.1) is 0 Å². The maximum absolute atomic E-state index is 5.79. The second-order valence-corrected chi connectivity index (χ2v) is 5.62. The fourth-order valence-electron chi connectivity index (χ4n) is 2.84. The molecule has 0 aliphatic carbocycles. The molecule has 1 aromatic carbocycles. The number of nitrogens with zero attached hydrogens (tertiary/aromatic N) is 1. The van der Waals surface area contributed by atoms with Gasteiger partial charge in [0.2, 0.25) is 0 Å². The van der Waals surface area contributed by atoms with Crippen LogP contribution in [0.2, 0.25) is 0 Å². The highest BCUT2D eigenvalue weighted by molar-refractivity contribution is 5.47. The molecule has 0 bridgehead atoms. The van der Waals surface area contributed by atoms with Gasteiger partial charge in [0.1, 0.15) is 0 Å². The lowest BCUT2D eigenvalue weighted by Crippen LogP contribution is -2.44. The fourth-order valence-corrected chi connectivity index (χ4v) is 2.84. The van der Waals surface area contributed by atoms with Crippen molar-refractivity contribution < 1.29 is 9.47 Å². The Morgan fingerprint density at radius 1 is 1.10 bits per heavy atom. The molecule has 20 heavy (non-hydrogen) atoms. The van der Waals surface area contributed by atoms with Crippen molar-refractivity contribution in [2.75, 3.05) is 45.9 Å². The summed E-state index contributed by atoms with van der Waals surface area (Å²) in [6, 6.07) is 4.31. The van der Waals surface area contributed by atoms with Crippen molar-refractivity contribution in [1.82, 2.24) is 10.2 Å². The Bertz CT molecular complexity index is 456. The number of nitrogens with one attached hydrogen (secondary N) is 1. The third-order valence-electron chi connectivity index (χ3n) is 4.11. The van der Waals surface area contributed by atoms with Crippen molar-refractivity contribution >= 4 is 0 Å². The maximum atomic E-state index is 5.79. The lowest BCUT2D eigenvalue weighted by Gasteiger charge is -2.27. The Morgan fingerprint density at radius 3 is 2.55 bits per heavy atom. The normalized spacial score (nSPS) is 19.6. The summed E-state index contributed by atoms with van der Waals surface area (Å²) in [5.74, 6) is 1.83. The summed E-state index contributed by atoms with van der Waals surface area (Å²) in [5.41, 5.74) is 2.69. The van der Waals surface area contributed by atoms with Gasteiger partial charge in [-0.2, -0.15) is 0 Å². The minimum absolute atomic E-state index is 0.757. The second-order valence-electron chi connectivity index (χ2n) is 5.62. The number of ether oxygens (including phenoxy) is 2. The Balaban J connectivity index is 1.67. The van der Waals surface area contributed by atoms with Crippen LogP contribution in [0.3, 0.4) is 0 Å². The van der Waals surface area contributed by atoms with Gasteiger partial charge in [-0.3, -0.25) is 0 Å². The molecular formula is C16H24N2O2. The van der Waals surface area contributed by atoms with E-state index in [1.54, 1.807) is 0 Å². The molecule has 0 saturated carbocycles. The van der Waals surface area contributed by atoms with Crippen LogP contribution in [0.1, 0.15) is 17.5 Å². The Hall–Kier alpha value is -1.26. The highest BCUT2D eigenvalue weighted by atomic mass is 16.5. The first-order chi connectivity index (χ1) is 9.83. The molecule has 110 valence electrons. The maximum Gasteiger partial charge on any atom is 0.161 e. The van der Waals surface area contributed by atoms with Crippen molar-refractivity contribution in [3.63, 3.8) is 0 Å². The van der Waals surface area contributed by atoms with Crippen molar-refractivity contribution in [2.45, 2.75) is 19.8 Å². The van der Waals surface area contributed by atoms with Crippen LogP contribution in [-0.2, 0) is 6.42 Å². The topological polar surface area (TPSA) is 33.7 Å². The lowest BCUT2D eigenvalue weighted by molar-refractivity contribution is 0.243. The van der Waals surface area contributed by atoms with Crippen LogP contribution >= 0.6 is 0 Å². The van der Waals surface area contributed by atoms with E-state index in [-0.39, 0.29) is 0 Å². The van der Waals surface area contributed by atoms with Gasteiger partial charge in [-0.1, -0.05) is 0 Å². The molecule has 4 heteroatoms. The molecule has 1 aromatic rings. The van der Waals surface area contributed by atoms with Crippen molar-refractivity contribution in [1.29, 1.82) is 0 Å². The minimum atomic E-state index is 0.757. The van der Waals surface area contributed by atoms with E-state index in [2.05, 4.69) is 29.3 Å². The van der Waals surface area contributed by atoms with Gasteiger partial charge in [0.05, 0.1) is 13.2 Å². The fraction of sp³-hybridized carbons (Fsp3) is 0.625. The van der Waals surface area contributed by atoms with Crippen LogP contribution in [0, 0.1) is 6.92 Å². The predicted octanol–water partition coefficient (Wildman–Crippen LogP) is 1.60. The predicted molar refractivity (Wildman–Crippen MR) is 79.8 cm³/mol. The van der Waals surface area contributed by atoms with E-state index < -0.39 is 0 Å². The summed E-state index contributed by atoms with van der Waals surface area (Å²) >= 11 is 0. The summed E-state index contributed by atoms with van der Waals surface area (Å²) in [5, 5.41) is 3.39. The zero-order valence-corrected chi connectivity index (χ0v) is 12.3. The van der Waals surface area contributed by atoms with Gasteiger partial charge in [0, 0.05) is 39.1 Å². The zero-order valence-electron chi connectivity index (χ0n) is 12.3. The molecule has 0 unspecified atom stereocenters. The number of piperazine rings is 1. The number of hydrogen-bond acceptors (Lipinski definition) is 4. The molecule has 0 spiro atoms. The van der Waals surface area contributed by atoms with E-state index in [4.69, 9.17) is 9.47 Å². The third-order valence-corrected chi connectivity index (χ3v) is 4.11. The molecule has 1 fully saturated rings. The van der Waals surface area contributed by atoms with Crippen molar-refractivity contribution in [2.24, 2.45) is 0 Å². The van der Waals surface area contributed by atoms with Crippen LogP contribution in [-0.4, -0.2) is 50.8 Å². The molecule has 1 N–H and O–H groups in total. The van der Waals surface area contributed by atoms with Gasteiger partial charge < -0.3 is 19.7 Å². The number of aryl methyl sites for hydroxylation is 1. The first-order valence-electron chi connectivity index (χ1n) is 7.65. The molecule has 0 amide bonds. The molecule has 3 rings (SSSR count). The summed E-state index contributed by atoms with van der Waals surface area (Å²) in [6.45, 7) is 9.34. The van der Waals surface area contributed by atoms with Gasteiger partial charge in [-0.05, 0) is 36.6 Å². The molecule has 2 aliphatic heterocycles. The molecule has 2 aliphatic rings. The molecule has 0 aromatic heterocycles. The zero-order chi connectivity index (χ0) is 13.8. The van der Waals surface area contributed by atoms with Gasteiger partial charge in [0.25, 0.3) is 0 Å². The van der Waals surface area contributed by atoms with Crippen LogP contribution in [0.25, 0.3) is 0 Å². The molecule has 2 heterocycles. The smallest absolute Gasteiger partial charge is 0.161 e. The SMILES string of the molecule is Cc1cc2c(cc1CCN1CCNCC1)OCCCO2. The van der Waals surface area contributed by atoms with Crippen LogP contribution in [0.5, 0.6) is 11.5 Å².